The minimum Gasteiger partial charge on any atom is -0.461 e. The fraction of sp³-hybridized carbons (Fsp3) is 0.125. The number of hydrogen-bond donors (Lipinski definition) is 0. The Morgan fingerprint density at radius 1 is 1.33 bits per heavy atom. The maximum atomic E-state index is 10.9. The number of nitro groups is 1. The highest BCUT2D eigenvalue weighted by molar-refractivity contribution is 7.98. The predicted octanol–water partition coefficient (Wildman–Crippen LogP) is 3.92. The summed E-state index contributed by atoms with van der Waals surface area (Å²) in [4.78, 5) is 10.5. The van der Waals surface area contributed by atoms with Crippen molar-refractivity contribution in [3.05, 3.63) is 71.0 Å². The van der Waals surface area contributed by atoms with E-state index in [0.717, 1.165) is 5.56 Å². The highest BCUT2D eigenvalue weighted by atomic mass is 32.2. The van der Waals surface area contributed by atoms with Gasteiger partial charge in [-0.15, -0.1) is 16.8 Å². The van der Waals surface area contributed by atoms with E-state index < -0.39 is 4.92 Å². The second-order valence-electron chi connectivity index (χ2n) is 4.90. The van der Waals surface area contributed by atoms with Crippen LogP contribution in [0.25, 0.3) is 11.6 Å². The molecule has 122 valence electrons. The number of rotatable bonds is 7. The van der Waals surface area contributed by atoms with Gasteiger partial charge in [0, 0.05) is 24.4 Å². The number of furan rings is 1. The molecule has 0 aliphatic carbocycles. The third-order valence-corrected chi connectivity index (χ3v) is 4.30. The molecule has 0 radical (unpaired) electrons. The largest absolute Gasteiger partial charge is 0.461 e. The van der Waals surface area contributed by atoms with Gasteiger partial charge in [-0.2, -0.15) is 0 Å². The van der Waals surface area contributed by atoms with Crippen LogP contribution in [0.4, 0.5) is 5.69 Å². The molecule has 0 aliphatic rings. The summed E-state index contributed by atoms with van der Waals surface area (Å²) in [6.07, 6.45) is 3.34. The summed E-state index contributed by atoms with van der Waals surface area (Å²) in [5, 5.41) is 19.9. The van der Waals surface area contributed by atoms with Crippen LogP contribution in [-0.4, -0.2) is 19.7 Å². The van der Waals surface area contributed by atoms with E-state index in [9.17, 15) is 10.1 Å². The van der Waals surface area contributed by atoms with Crippen LogP contribution in [0.1, 0.15) is 5.56 Å². The van der Waals surface area contributed by atoms with Gasteiger partial charge in [-0.05, 0) is 17.7 Å². The number of benzene rings is 1. The summed E-state index contributed by atoms with van der Waals surface area (Å²) in [5.74, 6) is 1.81. The van der Waals surface area contributed by atoms with E-state index in [1.807, 2.05) is 16.7 Å². The maximum absolute atomic E-state index is 10.9. The molecule has 7 nitrogen and oxygen atoms in total. The van der Waals surface area contributed by atoms with E-state index in [1.54, 1.807) is 30.5 Å². The minimum atomic E-state index is -0.399. The Hall–Kier alpha value is -2.87. The lowest BCUT2D eigenvalue weighted by Crippen LogP contribution is -2.00. The zero-order valence-electron chi connectivity index (χ0n) is 12.7. The molecule has 24 heavy (non-hydrogen) atoms. The first-order chi connectivity index (χ1) is 11.7. The lowest BCUT2D eigenvalue weighted by molar-refractivity contribution is -0.384. The van der Waals surface area contributed by atoms with E-state index in [1.165, 1.54) is 17.8 Å². The van der Waals surface area contributed by atoms with Crippen molar-refractivity contribution in [2.24, 2.45) is 0 Å². The van der Waals surface area contributed by atoms with Crippen LogP contribution in [0.2, 0.25) is 0 Å². The van der Waals surface area contributed by atoms with Gasteiger partial charge in [-0.3, -0.25) is 14.7 Å². The van der Waals surface area contributed by atoms with Crippen LogP contribution in [-0.2, 0) is 12.3 Å². The normalized spacial score (nSPS) is 10.7. The van der Waals surface area contributed by atoms with Gasteiger partial charge in [0.25, 0.3) is 5.69 Å². The molecule has 0 saturated heterocycles. The lowest BCUT2D eigenvalue weighted by Gasteiger charge is -2.06. The first-order valence-corrected chi connectivity index (χ1v) is 8.11. The van der Waals surface area contributed by atoms with Gasteiger partial charge in [-0.25, -0.2) is 0 Å². The highest BCUT2D eigenvalue weighted by Gasteiger charge is 2.16. The SMILES string of the molecule is C=CCn1c(SCc2cccc([N+](=O)[O-])c2)nnc1-c1ccco1. The predicted molar refractivity (Wildman–Crippen MR) is 90.6 cm³/mol. The zero-order chi connectivity index (χ0) is 16.9. The van der Waals surface area contributed by atoms with E-state index in [2.05, 4.69) is 16.8 Å². The topological polar surface area (TPSA) is 87.0 Å². The average Bonchev–Trinajstić information content (AvgIpc) is 3.23. The van der Waals surface area contributed by atoms with Gasteiger partial charge in [0.05, 0.1) is 11.2 Å². The molecule has 0 N–H and O–H groups in total. The highest BCUT2D eigenvalue weighted by Crippen LogP contribution is 2.27. The standard InChI is InChI=1S/C16H14N4O3S/c1-2-8-19-15(14-7-4-9-23-14)17-18-16(19)24-11-12-5-3-6-13(10-12)20(21)22/h2-7,9-10H,1,8,11H2. The molecule has 3 rings (SSSR count). The van der Waals surface area contributed by atoms with Crippen LogP contribution >= 0.6 is 11.8 Å². The van der Waals surface area contributed by atoms with Crippen LogP contribution in [0.15, 0.2) is 64.9 Å². The summed E-state index contributed by atoms with van der Waals surface area (Å²) in [6.45, 7) is 4.30. The molecule has 0 amide bonds. The van der Waals surface area contributed by atoms with Gasteiger partial charge in [0.2, 0.25) is 5.82 Å². The number of hydrogen-bond acceptors (Lipinski definition) is 6. The Morgan fingerprint density at radius 2 is 2.21 bits per heavy atom. The molecule has 0 fully saturated rings. The lowest BCUT2D eigenvalue weighted by atomic mass is 10.2. The molecule has 3 aromatic rings. The molecular formula is C16H14N4O3S. The van der Waals surface area contributed by atoms with Gasteiger partial charge in [-0.1, -0.05) is 30.0 Å². The molecule has 1 aromatic carbocycles. The Bertz CT molecular complexity index is 858. The van der Waals surface area contributed by atoms with Crippen molar-refractivity contribution < 1.29 is 9.34 Å². The number of allylic oxidation sites excluding steroid dienone is 1. The Morgan fingerprint density at radius 3 is 2.92 bits per heavy atom. The van der Waals surface area contributed by atoms with Crippen molar-refractivity contribution in [2.75, 3.05) is 0 Å². The monoisotopic (exact) mass is 342 g/mol. The molecule has 8 heteroatoms. The Balaban J connectivity index is 1.81. The molecule has 0 spiro atoms. The van der Waals surface area contributed by atoms with E-state index in [0.29, 0.717) is 29.0 Å². The Kier molecular flexibility index (Phi) is 4.76. The molecule has 0 unspecified atom stereocenters. The third kappa shape index (κ3) is 3.38. The van der Waals surface area contributed by atoms with E-state index in [-0.39, 0.29) is 5.69 Å². The maximum Gasteiger partial charge on any atom is 0.269 e. The second kappa shape index (κ2) is 7.14. The number of nitro benzene ring substituents is 1. The summed E-state index contributed by atoms with van der Waals surface area (Å²) < 4.78 is 7.28. The number of non-ortho nitro benzene ring substituents is 1. The van der Waals surface area contributed by atoms with Crippen LogP contribution in [0.3, 0.4) is 0 Å². The van der Waals surface area contributed by atoms with E-state index in [4.69, 9.17) is 4.42 Å². The zero-order valence-corrected chi connectivity index (χ0v) is 13.5. The fourth-order valence-electron chi connectivity index (χ4n) is 2.18. The quantitative estimate of drug-likeness (QED) is 0.280. The van der Waals surface area contributed by atoms with Gasteiger partial charge in [0.1, 0.15) is 0 Å². The van der Waals surface area contributed by atoms with Gasteiger partial charge in [0.15, 0.2) is 10.9 Å². The average molecular weight is 342 g/mol. The molecule has 0 bridgehead atoms. The molecule has 0 atom stereocenters. The van der Waals surface area contributed by atoms with Crippen LogP contribution in [0.5, 0.6) is 0 Å². The molecule has 2 aromatic heterocycles. The van der Waals surface area contributed by atoms with E-state index >= 15 is 0 Å². The summed E-state index contributed by atoms with van der Waals surface area (Å²) in [6, 6.07) is 10.2. The summed E-state index contributed by atoms with van der Waals surface area (Å²) in [7, 11) is 0. The van der Waals surface area contributed by atoms with Crippen molar-refractivity contribution in [3.8, 4) is 11.6 Å². The van der Waals surface area contributed by atoms with Crippen molar-refractivity contribution in [1.82, 2.24) is 14.8 Å². The second-order valence-corrected chi connectivity index (χ2v) is 5.84. The van der Waals surface area contributed by atoms with Crippen LogP contribution < -0.4 is 0 Å². The number of nitrogens with zero attached hydrogens (tertiary/aromatic N) is 4. The minimum absolute atomic E-state index is 0.0805. The third-order valence-electron chi connectivity index (χ3n) is 3.26. The number of aromatic nitrogens is 3. The van der Waals surface area contributed by atoms with Gasteiger partial charge >= 0.3 is 0 Å². The molecular weight excluding hydrogens is 328 g/mol. The molecule has 2 heterocycles. The molecule has 0 saturated carbocycles. The number of thioether (sulfide) groups is 1. The van der Waals surface area contributed by atoms with Crippen molar-refractivity contribution >= 4 is 17.4 Å². The van der Waals surface area contributed by atoms with Crippen molar-refractivity contribution in [1.29, 1.82) is 0 Å². The molecule has 0 aliphatic heterocycles. The first kappa shape index (κ1) is 16.0. The fourth-order valence-corrected chi connectivity index (χ4v) is 3.08. The summed E-state index contributed by atoms with van der Waals surface area (Å²) >= 11 is 1.46. The van der Waals surface area contributed by atoms with Crippen molar-refractivity contribution in [3.63, 3.8) is 0 Å². The van der Waals surface area contributed by atoms with Gasteiger partial charge < -0.3 is 4.42 Å². The van der Waals surface area contributed by atoms with Crippen LogP contribution in [0, 0.1) is 10.1 Å². The van der Waals surface area contributed by atoms with Crippen molar-refractivity contribution in [2.45, 2.75) is 17.5 Å². The Labute approximate surface area is 142 Å². The summed E-state index contributed by atoms with van der Waals surface area (Å²) in [5.41, 5.74) is 0.929. The smallest absolute Gasteiger partial charge is 0.269 e. The first-order valence-electron chi connectivity index (χ1n) is 7.13.